The number of aromatic nitrogens is 1. The van der Waals surface area contributed by atoms with Gasteiger partial charge in [0.05, 0.1) is 13.2 Å². The molecule has 156 valence electrons. The van der Waals surface area contributed by atoms with Gasteiger partial charge in [-0.05, 0) is 35.4 Å². The van der Waals surface area contributed by atoms with Crippen molar-refractivity contribution in [1.29, 1.82) is 0 Å². The Kier molecular flexibility index (Phi) is 5.98. The maximum Gasteiger partial charge on any atom is 0.355 e. The van der Waals surface area contributed by atoms with Crippen LogP contribution in [-0.2, 0) is 9.53 Å². The summed E-state index contributed by atoms with van der Waals surface area (Å²) in [4.78, 5) is 28.0. The smallest absolute Gasteiger partial charge is 0.355 e. The van der Waals surface area contributed by atoms with Gasteiger partial charge < -0.3 is 19.8 Å². The van der Waals surface area contributed by atoms with Crippen molar-refractivity contribution in [3.05, 3.63) is 102 Å². The summed E-state index contributed by atoms with van der Waals surface area (Å²) in [7, 11) is 1.60. The van der Waals surface area contributed by atoms with E-state index in [0.29, 0.717) is 5.69 Å². The summed E-state index contributed by atoms with van der Waals surface area (Å²) in [5.74, 6) is -0.240. The lowest BCUT2D eigenvalue weighted by Crippen LogP contribution is -2.33. The Morgan fingerprint density at radius 2 is 1.58 bits per heavy atom. The monoisotopic (exact) mass is 414 g/mol. The highest BCUT2D eigenvalue weighted by molar-refractivity contribution is 5.95. The van der Waals surface area contributed by atoms with Gasteiger partial charge in [0.15, 0.2) is 6.61 Å². The molecule has 0 fully saturated rings. The number of carbonyl (C=O) groups excluding carboxylic acids is 2. The van der Waals surface area contributed by atoms with E-state index >= 15 is 0 Å². The van der Waals surface area contributed by atoms with Crippen molar-refractivity contribution in [2.45, 2.75) is 6.04 Å². The molecule has 0 spiro atoms. The summed E-state index contributed by atoms with van der Waals surface area (Å²) >= 11 is 0. The molecular weight excluding hydrogens is 392 g/mol. The number of hydrogen-bond acceptors (Lipinski definition) is 4. The van der Waals surface area contributed by atoms with Crippen LogP contribution >= 0.6 is 0 Å². The average Bonchev–Trinajstić information content (AvgIpc) is 3.26. The second-order valence-corrected chi connectivity index (χ2v) is 7.03. The van der Waals surface area contributed by atoms with Gasteiger partial charge in [-0.15, -0.1) is 0 Å². The Labute approximate surface area is 179 Å². The predicted octanol–water partition coefficient (Wildman–Crippen LogP) is 4.24. The van der Waals surface area contributed by atoms with E-state index in [1.165, 1.54) is 0 Å². The number of benzene rings is 3. The van der Waals surface area contributed by atoms with Crippen LogP contribution in [-0.4, -0.2) is 30.6 Å². The maximum atomic E-state index is 12.6. The minimum Gasteiger partial charge on any atom is -0.497 e. The number of amides is 1. The molecule has 1 heterocycles. The minimum absolute atomic E-state index is 0.309. The third kappa shape index (κ3) is 4.75. The fourth-order valence-corrected chi connectivity index (χ4v) is 3.40. The van der Waals surface area contributed by atoms with Crippen molar-refractivity contribution in [1.82, 2.24) is 10.3 Å². The summed E-state index contributed by atoms with van der Waals surface area (Å²) in [5.41, 5.74) is 2.96. The van der Waals surface area contributed by atoms with Crippen LogP contribution in [0.3, 0.4) is 0 Å². The lowest BCUT2D eigenvalue weighted by atomic mass is 9.98. The number of para-hydroxylation sites is 1. The molecular formula is C25H22N2O4. The van der Waals surface area contributed by atoms with E-state index < -0.39 is 11.9 Å². The quantitative estimate of drug-likeness (QED) is 0.443. The summed E-state index contributed by atoms with van der Waals surface area (Å²) in [6.07, 6.45) is 0. The topological polar surface area (TPSA) is 80.4 Å². The van der Waals surface area contributed by atoms with Crippen molar-refractivity contribution in [2.75, 3.05) is 13.7 Å². The van der Waals surface area contributed by atoms with Crippen LogP contribution < -0.4 is 10.1 Å². The molecule has 0 saturated carbocycles. The molecule has 2 N–H and O–H groups in total. The number of ether oxygens (including phenoxy) is 2. The number of carbonyl (C=O) groups is 2. The molecule has 1 atom stereocenters. The van der Waals surface area contributed by atoms with Crippen molar-refractivity contribution in [3.8, 4) is 5.75 Å². The number of aromatic amines is 1. The molecule has 4 rings (SSSR count). The summed E-state index contributed by atoms with van der Waals surface area (Å²) in [5, 5.41) is 3.86. The summed E-state index contributed by atoms with van der Waals surface area (Å²) in [6.45, 7) is -0.381. The van der Waals surface area contributed by atoms with E-state index in [-0.39, 0.29) is 12.6 Å². The zero-order chi connectivity index (χ0) is 21.6. The Bertz CT molecular complexity index is 1150. The minimum atomic E-state index is -0.577. The van der Waals surface area contributed by atoms with Crippen LogP contribution in [0, 0.1) is 0 Å². The van der Waals surface area contributed by atoms with Crippen LogP contribution in [0.2, 0.25) is 0 Å². The number of H-pyrrole nitrogens is 1. The molecule has 4 aromatic rings. The van der Waals surface area contributed by atoms with E-state index in [1.54, 1.807) is 13.2 Å². The zero-order valence-corrected chi connectivity index (χ0v) is 17.0. The molecule has 0 aliphatic carbocycles. The highest BCUT2D eigenvalue weighted by Crippen LogP contribution is 2.24. The highest BCUT2D eigenvalue weighted by atomic mass is 16.5. The molecule has 1 aromatic heterocycles. The molecule has 31 heavy (non-hydrogen) atoms. The second-order valence-electron chi connectivity index (χ2n) is 7.03. The first-order valence-electron chi connectivity index (χ1n) is 9.87. The standard InChI is InChI=1S/C25H22N2O4/c1-30-20-13-11-18(12-14-20)24(17-7-3-2-4-8-17)27-23(28)16-31-25(29)22-15-19-9-5-6-10-21(19)26-22/h2-15,24,26H,16H2,1H3,(H,27,28)/t24-/m0/s1. The third-order valence-electron chi connectivity index (χ3n) is 4.97. The van der Waals surface area contributed by atoms with Crippen LogP contribution in [0.4, 0.5) is 0 Å². The van der Waals surface area contributed by atoms with Crippen molar-refractivity contribution >= 4 is 22.8 Å². The zero-order valence-electron chi connectivity index (χ0n) is 17.0. The number of fused-ring (bicyclic) bond motifs is 1. The fourth-order valence-electron chi connectivity index (χ4n) is 3.40. The number of hydrogen-bond donors (Lipinski definition) is 2. The number of esters is 1. The molecule has 3 aromatic carbocycles. The Balaban J connectivity index is 1.45. The maximum absolute atomic E-state index is 12.6. The molecule has 0 bridgehead atoms. The van der Waals surface area contributed by atoms with Gasteiger partial charge in [0.2, 0.25) is 0 Å². The second kappa shape index (κ2) is 9.17. The molecule has 6 nitrogen and oxygen atoms in total. The van der Waals surface area contributed by atoms with Gasteiger partial charge in [-0.1, -0.05) is 60.7 Å². The summed E-state index contributed by atoms with van der Waals surface area (Å²) in [6, 6.07) is 25.9. The lowest BCUT2D eigenvalue weighted by molar-refractivity contribution is -0.124. The number of nitrogens with one attached hydrogen (secondary N) is 2. The highest BCUT2D eigenvalue weighted by Gasteiger charge is 2.19. The Hall–Kier alpha value is -4.06. The molecule has 0 radical (unpaired) electrons. The SMILES string of the molecule is COc1ccc([C@@H](NC(=O)COC(=O)c2cc3ccccc3[nH]2)c2ccccc2)cc1. The van der Waals surface area contributed by atoms with Gasteiger partial charge in [-0.25, -0.2) is 4.79 Å². The van der Waals surface area contributed by atoms with Gasteiger partial charge in [-0.3, -0.25) is 4.79 Å². The molecule has 1 amide bonds. The van der Waals surface area contributed by atoms with Crippen LogP contribution in [0.1, 0.15) is 27.7 Å². The first-order chi connectivity index (χ1) is 15.1. The van der Waals surface area contributed by atoms with Gasteiger partial charge >= 0.3 is 5.97 Å². The average molecular weight is 414 g/mol. The molecule has 0 saturated heterocycles. The van der Waals surface area contributed by atoms with Crippen molar-refractivity contribution < 1.29 is 19.1 Å². The Morgan fingerprint density at radius 1 is 0.903 bits per heavy atom. The first-order valence-corrected chi connectivity index (χ1v) is 9.87. The van der Waals surface area contributed by atoms with Crippen molar-refractivity contribution in [2.24, 2.45) is 0 Å². The summed E-state index contributed by atoms with van der Waals surface area (Å²) < 4.78 is 10.4. The molecule has 6 heteroatoms. The van der Waals surface area contributed by atoms with E-state index in [1.807, 2.05) is 78.9 Å². The fraction of sp³-hybridized carbons (Fsp3) is 0.120. The van der Waals surface area contributed by atoms with Crippen LogP contribution in [0.15, 0.2) is 84.9 Å². The number of rotatable bonds is 7. The molecule has 0 aliphatic heterocycles. The third-order valence-corrected chi connectivity index (χ3v) is 4.97. The molecule has 0 unspecified atom stereocenters. The Morgan fingerprint density at radius 3 is 2.29 bits per heavy atom. The van der Waals surface area contributed by atoms with E-state index in [9.17, 15) is 9.59 Å². The lowest BCUT2D eigenvalue weighted by Gasteiger charge is -2.20. The first kappa shape index (κ1) is 20.2. The molecule has 0 aliphatic rings. The van der Waals surface area contributed by atoms with E-state index in [4.69, 9.17) is 9.47 Å². The van der Waals surface area contributed by atoms with Gasteiger partial charge in [0.25, 0.3) is 5.91 Å². The van der Waals surface area contributed by atoms with Gasteiger partial charge in [0.1, 0.15) is 11.4 Å². The van der Waals surface area contributed by atoms with Gasteiger partial charge in [0, 0.05) is 10.9 Å². The number of methoxy groups -OCH3 is 1. The van der Waals surface area contributed by atoms with E-state index in [0.717, 1.165) is 27.8 Å². The van der Waals surface area contributed by atoms with Crippen molar-refractivity contribution in [3.63, 3.8) is 0 Å². The van der Waals surface area contributed by atoms with Crippen LogP contribution in [0.25, 0.3) is 10.9 Å². The predicted molar refractivity (Wildman–Crippen MR) is 118 cm³/mol. The van der Waals surface area contributed by atoms with Crippen LogP contribution in [0.5, 0.6) is 5.75 Å². The van der Waals surface area contributed by atoms with E-state index in [2.05, 4.69) is 10.3 Å². The normalized spacial score (nSPS) is 11.6. The largest absolute Gasteiger partial charge is 0.497 e. The van der Waals surface area contributed by atoms with Gasteiger partial charge in [-0.2, -0.15) is 0 Å².